The van der Waals surface area contributed by atoms with Gasteiger partial charge in [-0.05, 0) is 10.8 Å². The second-order valence-corrected chi connectivity index (χ2v) is 4.92. The zero-order valence-electron chi connectivity index (χ0n) is 18.5. The quantitative estimate of drug-likeness (QED) is 0.377. The van der Waals surface area contributed by atoms with Crippen molar-refractivity contribution in [2.75, 3.05) is 0 Å². The standard InChI is InChI=1S/C10H8.C6H6.2C3H8.2C2H6/c1-2-6-10-8-4-3-7-9(10)5-1;1-2-4-6-5-3-1;2*1-3-2;2*1-2/h1-8H;1-6H;2*3H2,1-2H3;2*1-2H3. The van der Waals surface area contributed by atoms with Crippen LogP contribution in [0, 0.1) is 0 Å². The van der Waals surface area contributed by atoms with Crippen molar-refractivity contribution in [3.8, 4) is 0 Å². The molecule has 0 bridgehead atoms. The first-order valence-electron chi connectivity index (χ1n) is 10.2. The molecule has 3 aromatic rings. The van der Waals surface area contributed by atoms with Crippen molar-refractivity contribution >= 4 is 10.8 Å². The second kappa shape index (κ2) is 27.8. The summed E-state index contributed by atoms with van der Waals surface area (Å²) in [5.74, 6) is 0. The summed E-state index contributed by atoms with van der Waals surface area (Å²) in [6.45, 7) is 16.5. The predicted molar refractivity (Wildman–Crippen MR) is 125 cm³/mol. The third kappa shape index (κ3) is 20.0. The van der Waals surface area contributed by atoms with Gasteiger partial charge in [-0.15, -0.1) is 0 Å². The molecule has 26 heavy (non-hydrogen) atoms. The summed E-state index contributed by atoms with van der Waals surface area (Å²) < 4.78 is 0. The van der Waals surface area contributed by atoms with Gasteiger partial charge in [0, 0.05) is 0 Å². The maximum Gasteiger partial charge on any atom is -0.0184 e. The van der Waals surface area contributed by atoms with E-state index >= 15 is 0 Å². The molecule has 146 valence electrons. The van der Waals surface area contributed by atoms with E-state index in [1.165, 1.54) is 23.6 Å². The van der Waals surface area contributed by atoms with Crippen molar-refractivity contribution in [1.29, 1.82) is 0 Å². The molecule has 0 spiro atoms. The number of hydrogen-bond acceptors (Lipinski definition) is 0. The summed E-state index contributed by atoms with van der Waals surface area (Å²) in [5, 5.41) is 2.62. The molecular formula is C26H42. The smallest absolute Gasteiger partial charge is 0.0184 e. The summed E-state index contributed by atoms with van der Waals surface area (Å²) in [7, 11) is 0. The van der Waals surface area contributed by atoms with Crippen LogP contribution in [0.1, 0.15) is 68.2 Å². The lowest BCUT2D eigenvalue weighted by molar-refractivity contribution is 1.09. The first kappa shape index (κ1) is 28.7. The fourth-order valence-corrected chi connectivity index (χ4v) is 1.52. The molecule has 0 N–H and O–H groups in total. The minimum atomic E-state index is 1.25. The van der Waals surface area contributed by atoms with E-state index in [2.05, 4.69) is 76.2 Å². The maximum absolute atomic E-state index is 2.12. The van der Waals surface area contributed by atoms with Crippen LogP contribution >= 0.6 is 0 Å². The Kier molecular flexibility index (Phi) is 30.6. The molecule has 0 heteroatoms. The van der Waals surface area contributed by atoms with Gasteiger partial charge in [-0.25, -0.2) is 0 Å². The molecule has 0 unspecified atom stereocenters. The average Bonchev–Trinajstić information content (AvgIpc) is 2.74. The highest BCUT2D eigenvalue weighted by molar-refractivity contribution is 5.81. The molecule has 0 heterocycles. The van der Waals surface area contributed by atoms with Crippen LogP contribution in [0.3, 0.4) is 0 Å². The van der Waals surface area contributed by atoms with Crippen LogP contribution in [0.25, 0.3) is 10.8 Å². The minimum absolute atomic E-state index is 1.25. The van der Waals surface area contributed by atoms with Gasteiger partial charge in [0.1, 0.15) is 0 Å². The molecule has 0 saturated carbocycles. The Morgan fingerprint density at radius 2 is 0.538 bits per heavy atom. The van der Waals surface area contributed by atoms with Gasteiger partial charge in [0.05, 0.1) is 0 Å². The highest BCUT2D eigenvalue weighted by Crippen LogP contribution is 2.11. The van der Waals surface area contributed by atoms with Crippen molar-refractivity contribution in [2.45, 2.75) is 68.2 Å². The largest absolute Gasteiger partial charge is 0.0683 e. The normalized spacial score (nSPS) is 7.54. The van der Waals surface area contributed by atoms with Crippen LogP contribution in [0.15, 0.2) is 84.9 Å². The van der Waals surface area contributed by atoms with Crippen LogP contribution < -0.4 is 0 Å². The molecule has 0 atom stereocenters. The predicted octanol–water partition coefficient (Wildman–Crippen LogP) is 9.41. The third-order valence-corrected chi connectivity index (χ3v) is 2.33. The molecular weight excluding hydrogens is 312 g/mol. The van der Waals surface area contributed by atoms with Crippen molar-refractivity contribution in [3.63, 3.8) is 0 Å². The number of rotatable bonds is 0. The SMILES string of the molecule is CC.CC.CCC.CCC.c1ccc2ccccc2c1.c1ccccc1. The molecule has 3 aromatic carbocycles. The van der Waals surface area contributed by atoms with E-state index in [0.29, 0.717) is 0 Å². The van der Waals surface area contributed by atoms with Crippen LogP contribution in [0.2, 0.25) is 0 Å². The average molecular weight is 355 g/mol. The van der Waals surface area contributed by atoms with Gasteiger partial charge in [-0.3, -0.25) is 0 Å². The van der Waals surface area contributed by atoms with Gasteiger partial charge in [0.2, 0.25) is 0 Å². The molecule has 0 aliphatic rings. The molecule has 0 aromatic heterocycles. The van der Waals surface area contributed by atoms with Gasteiger partial charge in [-0.2, -0.15) is 0 Å². The third-order valence-electron chi connectivity index (χ3n) is 2.33. The molecule has 0 saturated heterocycles. The first-order chi connectivity index (χ1) is 12.8. The summed E-state index contributed by atoms with van der Waals surface area (Å²) in [5.41, 5.74) is 0. The Bertz CT molecular complexity index is 461. The van der Waals surface area contributed by atoms with Crippen LogP contribution in [0.4, 0.5) is 0 Å². The van der Waals surface area contributed by atoms with E-state index in [1.807, 2.05) is 64.1 Å². The summed E-state index contributed by atoms with van der Waals surface area (Å²) in [6.07, 6.45) is 2.50. The molecule has 0 aliphatic heterocycles. The van der Waals surface area contributed by atoms with Crippen molar-refractivity contribution < 1.29 is 0 Å². The number of fused-ring (bicyclic) bond motifs is 1. The minimum Gasteiger partial charge on any atom is -0.0683 e. The van der Waals surface area contributed by atoms with Crippen molar-refractivity contribution in [1.82, 2.24) is 0 Å². The van der Waals surface area contributed by atoms with Gasteiger partial charge < -0.3 is 0 Å². The lowest BCUT2D eigenvalue weighted by Gasteiger charge is -1.92. The van der Waals surface area contributed by atoms with E-state index in [9.17, 15) is 0 Å². The van der Waals surface area contributed by atoms with E-state index < -0.39 is 0 Å². The zero-order chi connectivity index (χ0) is 20.5. The molecule has 0 radical (unpaired) electrons. The van der Waals surface area contributed by atoms with Crippen molar-refractivity contribution in [3.05, 3.63) is 84.9 Å². The fourth-order valence-electron chi connectivity index (χ4n) is 1.52. The maximum atomic E-state index is 2.12. The summed E-state index contributed by atoms with van der Waals surface area (Å²) >= 11 is 0. The first-order valence-corrected chi connectivity index (χ1v) is 10.2. The monoisotopic (exact) mass is 354 g/mol. The van der Waals surface area contributed by atoms with Gasteiger partial charge >= 0.3 is 0 Å². The van der Waals surface area contributed by atoms with E-state index in [1.54, 1.807) is 0 Å². The second-order valence-electron chi connectivity index (χ2n) is 4.92. The molecule has 0 nitrogen and oxygen atoms in total. The van der Waals surface area contributed by atoms with E-state index in [4.69, 9.17) is 0 Å². The number of benzene rings is 3. The zero-order valence-corrected chi connectivity index (χ0v) is 18.5. The Hall–Kier alpha value is -2.08. The molecule has 0 aliphatic carbocycles. The lowest BCUT2D eigenvalue weighted by Crippen LogP contribution is -1.67. The Balaban J connectivity index is -0.000000286. The highest BCUT2D eigenvalue weighted by atomic mass is 13.9. The summed E-state index contributed by atoms with van der Waals surface area (Å²) in [4.78, 5) is 0. The molecule has 0 amide bonds. The van der Waals surface area contributed by atoms with Gasteiger partial charge in [-0.1, -0.05) is 153 Å². The highest BCUT2D eigenvalue weighted by Gasteiger charge is 1.85. The Labute approximate surface area is 164 Å². The van der Waals surface area contributed by atoms with Crippen LogP contribution in [-0.4, -0.2) is 0 Å². The topological polar surface area (TPSA) is 0 Å². The lowest BCUT2D eigenvalue weighted by atomic mass is 10.1. The Morgan fingerprint density at radius 3 is 0.692 bits per heavy atom. The fraction of sp³-hybridized carbons (Fsp3) is 0.385. The molecule has 0 fully saturated rings. The van der Waals surface area contributed by atoms with Crippen molar-refractivity contribution in [2.24, 2.45) is 0 Å². The van der Waals surface area contributed by atoms with Crippen LogP contribution in [-0.2, 0) is 0 Å². The van der Waals surface area contributed by atoms with E-state index in [-0.39, 0.29) is 0 Å². The van der Waals surface area contributed by atoms with E-state index in [0.717, 1.165) is 0 Å². The van der Waals surface area contributed by atoms with Gasteiger partial charge in [0.25, 0.3) is 0 Å². The number of hydrogen-bond donors (Lipinski definition) is 0. The molecule has 3 rings (SSSR count). The van der Waals surface area contributed by atoms with Crippen LogP contribution in [0.5, 0.6) is 0 Å². The Morgan fingerprint density at radius 1 is 0.385 bits per heavy atom. The van der Waals surface area contributed by atoms with Gasteiger partial charge in [0.15, 0.2) is 0 Å². The summed E-state index contributed by atoms with van der Waals surface area (Å²) in [6, 6.07) is 28.7.